The van der Waals surface area contributed by atoms with Crippen molar-refractivity contribution in [3.8, 4) is 11.5 Å². The van der Waals surface area contributed by atoms with Crippen LogP contribution in [0.25, 0.3) is 11.1 Å². The van der Waals surface area contributed by atoms with E-state index in [-0.39, 0.29) is 22.2 Å². The van der Waals surface area contributed by atoms with Crippen LogP contribution in [-0.2, 0) is 7.05 Å². The molecule has 7 nitrogen and oxygen atoms in total. The molecule has 140 valence electrons. The molecule has 1 N–H and O–H groups in total. The maximum absolute atomic E-state index is 12.8. The van der Waals surface area contributed by atoms with Crippen molar-refractivity contribution in [3.05, 3.63) is 82.6 Å². The molecule has 4 rings (SSSR count). The summed E-state index contributed by atoms with van der Waals surface area (Å²) < 4.78 is 12.5. The smallest absolute Gasteiger partial charge is 0.265 e. The predicted octanol–water partition coefficient (Wildman–Crippen LogP) is 3.88. The minimum Gasteiger partial charge on any atom is -0.457 e. The molecular weight excluding hydrogens is 358 g/mol. The molecule has 0 bridgehead atoms. The van der Waals surface area contributed by atoms with Crippen LogP contribution in [0.2, 0.25) is 0 Å². The second-order valence-electron chi connectivity index (χ2n) is 6.27. The summed E-state index contributed by atoms with van der Waals surface area (Å²) >= 11 is 0. The van der Waals surface area contributed by atoms with E-state index in [1.54, 1.807) is 38.2 Å². The van der Waals surface area contributed by atoms with Gasteiger partial charge in [0.2, 0.25) is 5.71 Å². The van der Waals surface area contributed by atoms with Gasteiger partial charge < -0.3 is 19.0 Å². The normalized spacial score (nSPS) is 10.8. The number of carbonyl (C=O) groups is 1. The zero-order valence-corrected chi connectivity index (χ0v) is 15.3. The van der Waals surface area contributed by atoms with E-state index in [0.29, 0.717) is 17.2 Å². The van der Waals surface area contributed by atoms with Gasteiger partial charge in [-0.15, -0.1) is 0 Å². The number of nitrogens with one attached hydrogen (secondary N) is 1. The van der Waals surface area contributed by atoms with Crippen molar-refractivity contribution in [2.24, 2.45) is 7.05 Å². The van der Waals surface area contributed by atoms with Crippen molar-refractivity contribution >= 4 is 22.7 Å². The van der Waals surface area contributed by atoms with Gasteiger partial charge in [-0.2, -0.15) is 0 Å². The van der Waals surface area contributed by atoms with Gasteiger partial charge in [0, 0.05) is 12.7 Å². The van der Waals surface area contributed by atoms with Crippen molar-refractivity contribution in [1.29, 1.82) is 0 Å². The number of hydrogen-bond donors (Lipinski definition) is 1. The Morgan fingerprint density at radius 3 is 2.46 bits per heavy atom. The fraction of sp³-hybridized carbons (Fsp3) is 0.0952. The standard InChI is InChI=1S/C21H17N3O4/c1-13-17(18-20(27-13)22-12-24(2)21(18)26)19(25)23-14-8-10-16(11-9-14)28-15-6-4-3-5-7-15/h3-12H,1-2H3,(H,23,25). The monoisotopic (exact) mass is 375 g/mol. The van der Waals surface area contributed by atoms with Gasteiger partial charge in [-0.05, 0) is 43.3 Å². The van der Waals surface area contributed by atoms with Crippen LogP contribution in [0.15, 0.2) is 70.1 Å². The largest absolute Gasteiger partial charge is 0.457 e. The number of benzene rings is 2. The first kappa shape index (κ1) is 17.5. The molecule has 2 aromatic heterocycles. The molecule has 1 amide bonds. The van der Waals surface area contributed by atoms with Gasteiger partial charge in [-0.1, -0.05) is 18.2 Å². The third kappa shape index (κ3) is 3.25. The molecule has 0 radical (unpaired) electrons. The highest BCUT2D eigenvalue weighted by Crippen LogP contribution is 2.25. The number of anilines is 1. The predicted molar refractivity (Wildman–Crippen MR) is 105 cm³/mol. The summed E-state index contributed by atoms with van der Waals surface area (Å²) in [5.74, 6) is 1.28. The Bertz CT molecular complexity index is 1210. The van der Waals surface area contributed by atoms with Crippen molar-refractivity contribution < 1.29 is 13.9 Å². The summed E-state index contributed by atoms with van der Waals surface area (Å²) in [7, 11) is 1.57. The number of nitrogens with zero attached hydrogens (tertiary/aromatic N) is 2. The summed E-state index contributed by atoms with van der Waals surface area (Å²) in [6.45, 7) is 1.63. The SMILES string of the molecule is Cc1oc2ncn(C)c(=O)c2c1C(=O)Nc1ccc(Oc2ccccc2)cc1. The lowest BCUT2D eigenvalue weighted by atomic mass is 10.1. The maximum atomic E-state index is 12.8. The molecule has 7 heteroatoms. The van der Waals surface area contributed by atoms with E-state index in [4.69, 9.17) is 9.15 Å². The second-order valence-corrected chi connectivity index (χ2v) is 6.27. The Morgan fingerprint density at radius 2 is 1.75 bits per heavy atom. The van der Waals surface area contributed by atoms with Crippen LogP contribution in [0.5, 0.6) is 11.5 Å². The van der Waals surface area contributed by atoms with Crippen molar-refractivity contribution in [2.45, 2.75) is 6.92 Å². The van der Waals surface area contributed by atoms with Crippen LogP contribution in [0, 0.1) is 6.92 Å². The van der Waals surface area contributed by atoms with Gasteiger partial charge in [0.15, 0.2) is 0 Å². The van der Waals surface area contributed by atoms with Crippen LogP contribution in [-0.4, -0.2) is 15.5 Å². The zero-order chi connectivity index (χ0) is 19.7. The Hall–Kier alpha value is -3.87. The first-order chi connectivity index (χ1) is 13.5. The number of carbonyl (C=O) groups excluding carboxylic acids is 1. The third-order valence-electron chi connectivity index (χ3n) is 4.27. The molecule has 0 spiro atoms. The van der Waals surface area contributed by atoms with E-state index in [1.807, 2.05) is 30.3 Å². The molecule has 0 saturated carbocycles. The Kier molecular flexibility index (Phi) is 4.41. The first-order valence-corrected chi connectivity index (χ1v) is 8.62. The zero-order valence-electron chi connectivity index (χ0n) is 15.3. The molecule has 28 heavy (non-hydrogen) atoms. The molecule has 2 aromatic carbocycles. The van der Waals surface area contributed by atoms with E-state index in [2.05, 4.69) is 10.3 Å². The lowest BCUT2D eigenvalue weighted by Gasteiger charge is -2.08. The summed E-state index contributed by atoms with van der Waals surface area (Å²) in [6.07, 6.45) is 1.36. The number of furan rings is 1. The molecule has 0 atom stereocenters. The molecule has 4 aromatic rings. The maximum Gasteiger partial charge on any atom is 0.265 e. The van der Waals surface area contributed by atoms with E-state index in [0.717, 1.165) is 5.75 Å². The Labute approximate surface area is 160 Å². The van der Waals surface area contributed by atoms with Crippen molar-refractivity contribution in [2.75, 3.05) is 5.32 Å². The van der Waals surface area contributed by atoms with E-state index >= 15 is 0 Å². The molecule has 0 aliphatic heterocycles. The summed E-state index contributed by atoms with van der Waals surface area (Å²) in [6, 6.07) is 16.4. The van der Waals surface area contributed by atoms with Gasteiger partial charge >= 0.3 is 0 Å². The number of aromatic nitrogens is 2. The van der Waals surface area contributed by atoms with Crippen LogP contribution in [0.1, 0.15) is 16.1 Å². The number of ether oxygens (including phenoxy) is 1. The fourth-order valence-electron chi connectivity index (χ4n) is 2.89. The van der Waals surface area contributed by atoms with Gasteiger partial charge in [0.05, 0.1) is 5.56 Å². The summed E-state index contributed by atoms with van der Waals surface area (Å²) in [5, 5.41) is 2.96. The number of aryl methyl sites for hydroxylation is 2. The molecule has 0 fully saturated rings. The third-order valence-corrected chi connectivity index (χ3v) is 4.27. The average molecular weight is 375 g/mol. The van der Waals surface area contributed by atoms with Gasteiger partial charge in [-0.25, -0.2) is 4.98 Å². The van der Waals surface area contributed by atoms with Crippen LogP contribution >= 0.6 is 0 Å². The highest BCUT2D eigenvalue weighted by molar-refractivity contribution is 6.12. The van der Waals surface area contributed by atoms with Crippen LogP contribution in [0.3, 0.4) is 0 Å². The Morgan fingerprint density at radius 1 is 1.07 bits per heavy atom. The quantitative estimate of drug-likeness (QED) is 0.585. The van der Waals surface area contributed by atoms with E-state index < -0.39 is 5.91 Å². The molecular formula is C21H17N3O4. The highest BCUT2D eigenvalue weighted by atomic mass is 16.5. The van der Waals surface area contributed by atoms with Crippen molar-refractivity contribution in [1.82, 2.24) is 9.55 Å². The number of amides is 1. The average Bonchev–Trinajstić information content (AvgIpc) is 3.04. The molecule has 0 aliphatic rings. The second kappa shape index (κ2) is 7.03. The molecule has 0 aliphatic carbocycles. The minimum atomic E-state index is -0.432. The van der Waals surface area contributed by atoms with Gasteiger partial charge in [0.25, 0.3) is 11.5 Å². The minimum absolute atomic E-state index is 0.150. The van der Waals surface area contributed by atoms with Crippen LogP contribution in [0.4, 0.5) is 5.69 Å². The number of rotatable bonds is 4. The van der Waals surface area contributed by atoms with Crippen LogP contribution < -0.4 is 15.6 Å². The van der Waals surface area contributed by atoms with E-state index in [9.17, 15) is 9.59 Å². The van der Waals surface area contributed by atoms with Gasteiger partial charge in [-0.3, -0.25) is 9.59 Å². The Balaban J connectivity index is 1.57. The van der Waals surface area contributed by atoms with Crippen molar-refractivity contribution in [3.63, 3.8) is 0 Å². The van der Waals surface area contributed by atoms with Gasteiger partial charge in [0.1, 0.15) is 29.0 Å². The van der Waals surface area contributed by atoms with E-state index in [1.165, 1.54) is 10.9 Å². The first-order valence-electron chi connectivity index (χ1n) is 8.62. The lowest BCUT2D eigenvalue weighted by molar-refractivity contribution is 0.102. The number of hydrogen-bond acceptors (Lipinski definition) is 5. The highest BCUT2D eigenvalue weighted by Gasteiger charge is 2.22. The molecule has 0 saturated heterocycles. The summed E-state index contributed by atoms with van der Waals surface area (Å²) in [5.41, 5.74) is 0.573. The topological polar surface area (TPSA) is 86.4 Å². The number of para-hydroxylation sites is 1. The molecule has 0 unspecified atom stereocenters. The number of fused-ring (bicyclic) bond motifs is 1. The summed E-state index contributed by atoms with van der Waals surface area (Å²) in [4.78, 5) is 29.2. The lowest BCUT2D eigenvalue weighted by Crippen LogP contribution is -2.20. The molecule has 2 heterocycles. The fourth-order valence-corrected chi connectivity index (χ4v) is 2.89.